The van der Waals surface area contributed by atoms with Crippen molar-refractivity contribution in [2.75, 3.05) is 78.0 Å². The van der Waals surface area contributed by atoms with E-state index in [4.69, 9.17) is 42.1 Å². The number of aromatic amines is 4. The Balaban J connectivity index is 0.000000150. The average Bonchev–Trinajstić information content (AvgIpc) is 1.66. The largest absolute Gasteiger partial charge is 0.390 e. The maximum absolute atomic E-state index is 12.0. The van der Waals surface area contributed by atoms with Gasteiger partial charge in [0.15, 0.2) is 63.3 Å². The summed E-state index contributed by atoms with van der Waals surface area (Å²) in [6.45, 7) is 21.3. The molecule has 12 heterocycles. The Hall–Kier alpha value is -4.66. The molecule has 0 aromatic carbocycles. The number of imidazole rings is 4. The highest BCUT2D eigenvalue weighted by Crippen LogP contribution is 2.46. The molecule has 35 heteroatoms. The predicted molar refractivity (Wildman–Crippen MR) is 394 cm³/mol. The van der Waals surface area contributed by atoms with Crippen LogP contribution in [0, 0.1) is 33.6 Å². The van der Waals surface area contributed by atoms with E-state index in [2.05, 4.69) is 154 Å². The average molecular weight is 1520 g/mol. The molecule has 0 amide bonds. The lowest BCUT2D eigenvalue weighted by Crippen LogP contribution is -2.28. The normalized spacial score (nSPS) is 27.9. The van der Waals surface area contributed by atoms with E-state index in [1.54, 1.807) is 58.6 Å². The Morgan fingerprint density at radius 2 is 0.677 bits per heavy atom. The number of fused-ring (bicyclic) bond motifs is 4. The van der Waals surface area contributed by atoms with Crippen LogP contribution in [0.5, 0.6) is 0 Å². The molecule has 528 valence electrons. The van der Waals surface area contributed by atoms with E-state index in [1.165, 1.54) is 12.7 Å². The van der Waals surface area contributed by atoms with E-state index in [0.29, 0.717) is 64.2 Å². The zero-order chi connectivity index (χ0) is 70.6. The smallest absolute Gasteiger partial charge is 0.279 e. The topological polar surface area (TPSA) is 372 Å². The fourth-order valence-electron chi connectivity index (χ4n) is 11.7. The molecule has 0 saturated carbocycles. The standard InChI is InChI=1S/C16H25N4O3P.C15H22BrN4O3P.2C15H22ClN4O3P/c1-9-13(21)11(6-7-24(3,4)5)23-16(9)20-8-17-12-14(20)18-10(2)19-15(12)22;3*1-8-18-13-11(14(22)19-8)17-7-20(13)15-10(16)12(21)9(23-15)5-6-24(2,3)4/h8-9,11,13,16,21H,3,6-7H2,1-2,4-5H3,(H,18,19,22);3*7,9-10,12,15,21H,2,5-6H2,1,3-4H3,(H,18,19,22)/t9-,11-,13+,16?;3*9-,10-,12-,15?/m1111/s1. The van der Waals surface area contributed by atoms with Gasteiger partial charge in [-0.2, -0.15) is 0 Å². The summed E-state index contributed by atoms with van der Waals surface area (Å²) in [6, 6.07) is 0. The van der Waals surface area contributed by atoms with Gasteiger partial charge < -0.3 is 59.3 Å². The van der Waals surface area contributed by atoms with Crippen LogP contribution in [0.1, 0.15) is 80.8 Å². The molecule has 16 atom stereocenters. The van der Waals surface area contributed by atoms with E-state index in [0.717, 1.165) is 37.5 Å². The van der Waals surface area contributed by atoms with Crippen LogP contribution in [0.2, 0.25) is 0 Å². The molecule has 4 saturated heterocycles. The molecule has 8 aromatic rings. The molecule has 0 spiro atoms. The Labute approximate surface area is 574 Å². The second-order valence-corrected chi connectivity index (χ2v) is 47.4. The van der Waals surface area contributed by atoms with E-state index in [9.17, 15) is 39.6 Å². The zero-order valence-corrected chi connectivity index (χ0v) is 63.1. The van der Waals surface area contributed by atoms with Crippen molar-refractivity contribution in [2.45, 2.75) is 150 Å². The first-order chi connectivity index (χ1) is 44.7. The molecule has 4 fully saturated rings. The number of aryl methyl sites for hydroxylation is 4. The number of nitrogens with one attached hydrogen (secondary N) is 4. The van der Waals surface area contributed by atoms with Gasteiger partial charge in [-0.1, -0.05) is 22.9 Å². The number of aromatic nitrogens is 16. The summed E-state index contributed by atoms with van der Waals surface area (Å²) in [4.78, 5) is 92.0. The van der Waals surface area contributed by atoms with E-state index in [1.807, 2.05) is 6.92 Å². The number of ether oxygens (including phenoxy) is 4. The van der Waals surface area contributed by atoms with Crippen LogP contribution in [0.3, 0.4) is 0 Å². The van der Waals surface area contributed by atoms with Crippen LogP contribution in [0.25, 0.3) is 44.7 Å². The predicted octanol–water partition coefficient (Wildman–Crippen LogP) is 5.76. The molecule has 8 N–H and O–H groups in total. The van der Waals surface area contributed by atoms with Crippen LogP contribution < -0.4 is 22.2 Å². The first kappa shape index (κ1) is 75.5. The van der Waals surface area contributed by atoms with Gasteiger partial charge in [-0.15, -0.1) is 75.9 Å². The summed E-state index contributed by atoms with van der Waals surface area (Å²) in [6.07, 6.45) is 23.5. The number of hydrogen-bond acceptors (Lipinski definition) is 20. The van der Waals surface area contributed by atoms with Crippen LogP contribution in [-0.2, 0) is 18.9 Å². The molecule has 12 rings (SSSR count). The van der Waals surface area contributed by atoms with Crippen molar-refractivity contribution >= 4 is 137 Å². The summed E-state index contributed by atoms with van der Waals surface area (Å²) in [5.41, 5.74) is 1.65. The molecule has 4 aliphatic rings. The molecular formula is C61H91BrCl2N16O12P4. The number of halogens is 3. The fourth-order valence-corrected chi connectivity index (χ4v) is 17.0. The fraction of sp³-hybridized carbons (Fsp3) is 0.607. The third-order valence-electron chi connectivity index (χ3n) is 16.9. The minimum atomic E-state index is -1.21. The molecule has 8 aromatic heterocycles. The van der Waals surface area contributed by atoms with Gasteiger partial charge in [-0.25, -0.2) is 39.9 Å². The molecule has 0 radical (unpaired) electrons. The molecule has 0 aliphatic carbocycles. The number of rotatable bonds is 16. The summed E-state index contributed by atoms with van der Waals surface area (Å²) < 4.78 is 30.9. The SMILES string of the molecule is C=P(C)(C)CC[C@H]1OC(n2cnc3c(=O)[nH]c(C)nc32)[C@H](Br)[C@@H]1O.C=P(C)(C)CC[C@H]1OC(n2cnc3c(=O)[nH]c(C)nc32)[C@H](C)[C@@H]1O.C=P(C)(C)CC[C@H]1OC(n2cnc3c(=O)[nH]c(C)nc32)[C@H](Cl)[C@@H]1O.C=P(C)(C)CC[C@H]1OC(n2cnc3c(=O)[nH]c(C)nc32)[C@H](Cl)[C@@H]1O. The van der Waals surface area contributed by atoms with Crippen LogP contribution in [0.15, 0.2) is 44.5 Å². The third kappa shape index (κ3) is 17.5. The minimum Gasteiger partial charge on any atom is -0.390 e. The van der Waals surface area contributed by atoms with Gasteiger partial charge in [-0.3, -0.25) is 37.4 Å². The van der Waals surface area contributed by atoms with Crippen molar-refractivity contribution in [3.63, 3.8) is 0 Å². The third-order valence-corrected chi connectivity index (χ3v) is 24.8. The van der Waals surface area contributed by atoms with Crippen molar-refractivity contribution in [1.29, 1.82) is 0 Å². The maximum Gasteiger partial charge on any atom is 0.279 e. The lowest BCUT2D eigenvalue weighted by Gasteiger charge is -2.19. The van der Waals surface area contributed by atoms with Crippen molar-refractivity contribution in [3.8, 4) is 0 Å². The quantitative estimate of drug-likeness (QED) is 0.0421. The van der Waals surface area contributed by atoms with Gasteiger partial charge in [0.05, 0.1) is 66.8 Å². The van der Waals surface area contributed by atoms with Crippen LogP contribution >= 0.6 is 66.7 Å². The molecular weight excluding hydrogens is 1420 g/mol. The molecule has 28 nitrogen and oxygen atoms in total. The molecule has 96 heavy (non-hydrogen) atoms. The minimum absolute atomic E-state index is 0.111. The monoisotopic (exact) mass is 1510 g/mol. The van der Waals surface area contributed by atoms with Crippen molar-refractivity contribution in [2.24, 2.45) is 5.92 Å². The number of aliphatic hydroxyl groups is 4. The number of nitrogens with zero attached hydrogens (tertiary/aromatic N) is 12. The second kappa shape index (κ2) is 29.9. The summed E-state index contributed by atoms with van der Waals surface area (Å²) >= 11 is 16.3. The highest BCUT2D eigenvalue weighted by Gasteiger charge is 2.47. The van der Waals surface area contributed by atoms with E-state index < -0.39 is 81.4 Å². The van der Waals surface area contributed by atoms with Gasteiger partial charge in [-0.05, 0) is 131 Å². The zero-order valence-electron chi connectivity index (χ0n) is 56.4. The van der Waals surface area contributed by atoms with Gasteiger partial charge in [0.25, 0.3) is 22.2 Å². The first-order valence-corrected chi connectivity index (χ1v) is 45.4. The summed E-state index contributed by atoms with van der Waals surface area (Å²) in [5.74, 6) is 1.90. The van der Waals surface area contributed by atoms with Gasteiger partial charge in [0.2, 0.25) is 0 Å². The maximum atomic E-state index is 12.0. The molecule has 4 unspecified atom stereocenters. The Kier molecular flexibility index (Phi) is 23.5. The van der Waals surface area contributed by atoms with Gasteiger partial charge in [0, 0.05) is 5.92 Å². The first-order valence-electron chi connectivity index (χ1n) is 31.4. The van der Waals surface area contributed by atoms with Crippen molar-refractivity contribution in [1.82, 2.24) is 78.1 Å². The van der Waals surface area contributed by atoms with Crippen molar-refractivity contribution < 1.29 is 39.4 Å². The van der Waals surface area contributed by atoms with Crippen LogP contribution in [-0.4, -0.2) is 266 Å². The van der Waals surface area contributed by atoms with Gasteiger partial charge >= 0.3 is 0 Å². The number of H-pyrrole nitrogens is 4. The molecule has 0 bridgehead atoms. The Morgan fingerprint density at radius 1 is 0.438 bits per heavy atom. The van der Waals surface area contributed by atoms with E-state index in [-0.39, 0.29) is 80.2 Å². The van der Waals surface area contributed by atoms with Crippen molar-refractivity contribution in [3.05, 3.63) is 90.0 Å². The Bertz CT molecular complexity index is 4000. The number of hydrogen-bond donors (Lipinski definition) is 8. The van der Waals surface area contributed by atoms with E-state index >= 15 is 0 Å². The van der Waals surface area contributed by atoms with Crippen LogP contribution in [0.4, 0.5) is 0 Å². The highest BCUT2D eigenvalue weighted by molar-refractivity contribution is 9.09. The second-order valence-electron chi connectivity index (χ2n) is 28.1. The molecule has 4 aliphatic heterocycles. The lowest BCUT2D eigenvalue weighted by molar-refractivity contribution is -0.0206. The summed E-state index contributed by atoms with van der Waals surface area (Å²) in [7, 11) is 0. The summed E-state index contributed by atoms with van der Waals surface area (Å²) in [5, 5.41) is 40.6. The number of alkyl halides is 3. The Morgan fingerprint density at radius 3 is 0.969 bits per heavy atom. The lowest BCUT2D eigenvalue weighted by atomic mass is 10.0. The van der Waals surface area contributed by atoms with Gasteiger partial charge in [0.1, 0.15) is 52.5 Å². The highest BCUT2D eigenvalue weighted by atomic mass is 79.9. The number of aliphatic hydroxyl groups excluding tert-OH is 4.